The van der Waals surface area contributed by atoms with E-state index in [-0.39, 0.29) is 0 Å². The lowest BCUT2D eigenvalue weighted by Gasteiger charge is -1.87. The van der Waals surface area contributed by atoms with Crippen molar-refractivity contribution in [3.63, 3.8) is 0 Å². The average molecular weight is 171 g/mol. The largest absolute Gasteiger partial charge is 0.498 e. The minimum absolute atomic E-state index is 1.12. The van der Waals surface area contributed by atoms with Gasteiger partial charge in [0.1, 0.15) is 0 Å². The molecule has 0 saturated heterocycles. The second-order valence-electron chi connectivity index (χ2n) is 2.35. The summed E-state index contributed by atoms with van der Waals surface area (Å²) in [5.74, 6) is 0. The number of benzene rings is 1. The van der Waals surface area contributed by atoms with Crippen LogP contribution in [0.3, 0.4) is 0 Å². The van der Waals surface area contributed by atoms with Crippen LogP contribution in [0.25, 0.3) is 11.1 Å². The van der Waals surface area contributed by atoms with Crippen molar-refractivity contribution in [3.8, 4) is 6.07 Å². The quantitative estimate of drug-likeness (QED) is 0.381. The highest BCUT2D eigenvalue weighted by Gasteiger charge is 1.79. The molecule has 0 fully saturated rings. The van der Waals surface area contributed by atoms with E-state index in [1.54, 1.807) is 6.08 Å². The zero-order valence-corrected chi connectivity index (χ0v) is 7.05. The Labute approximate surface area is 77.2 Å². The van der Waals surface area contributed by atoms with Crippen molar-refractivity contribution in [1.82, 2.24) is 0 Å². The number of allylic oxidation sites excluding steroid dienone is 3. The molecule has 0 aromatic heterocycles. The summed E-state index contributed by atoms with van der Waals surface area (Å²) in [7, 11) is 0. The smallest absolute Gasteiger partial charge is 0.328 e. The SMILES string of the molecule is [O-][N+]#CC=CC=Cc1ccccc1. The van der Waals surface area contributed by atoms with Gasteiger partial charge in [0.2, 0.25) is 0 Å². The van der Waals surface area contributed by atoms with E-state index in [4.69, 9.17) is 0 Å². The second kappa shape index (κ2) is 5.62. The van der Waals surface area contributed by atoms with Gasteiger partial charge in [0, 0.05) is 5.01 Å². The van der Waals surface area contributed by atoms with Crippen molar-refractivity contribution in [2.75, 3.05) is 0 Å². The minimum Gasteiger partial charge on any atom is -0.498 e. The van der Waals surface area contributed by atoms with Gasteiger partial charge in [0.05, 0.1) is 6.08 Å². The molecule has 1 aromatic carbocycles. The highest BCUT2D eigenvalue weighted by molar-refractivity contribution is 5.50. The van der Waals surface area contributed by atoms with Gasteiger partial charge in [-0.2, -0.15) is 0 Å². The zero-order chi connectivity index (χ0) is 9.36. The van der Waals surface area contributed by atoms with Crippen molar-refractivity contribution < 1.29 is 0 Å². The zero-order valence-electron chi connectivity index (χ0n) is 7.05. The maximum atomic E-state index is 9.60. The Balaban J connectivity index is 2.53. The third-order valence-corrected chi connectivity index (χ3v) is 1.42. The first-order valence-electron chi connectivity index (χ1n) is 3.89. The molecule has 1 aromatic rings. The monoisotopic (exact) mass is 171 g/mol. The third-order valence-electron chi connectivity index (χ3n) is 1.42. The fraction of sp³-hybridized carbons (Fsp3) is 0. The first-order valence-corrected chi connectivity index (χ1v) is 3.89. The van der Waals surface area contributed by atoms with Crippen LogP contribution >= 0.6 is 0 Å². The number of rotatable bonds is 2. The van der Waals surface area contributed by atoms with Gasteiger partial charge < -0.3 is 5.21 Å². The molecule has 0 bridgehead atoms. The van der Waals surface area contributed by atoms with E-state index in [9.17, 15) is 5.21 Å². The van der Waals surface area contributed by atoms with E-state index >= 15 is 0 Å². The van der Waals surface area contributed by atoms with Gasteiger partial charge in [-0.15, -0.1) is 0 Å². The molecule has 0 aliphatic rings. The molecular formula is C11H9NO. The van der Waals surface area contributed by atoms with Gasteiger partial charge in [0.25, 0.3) is 0 Å². The molecule has 0 atom stereocenters. The summed E-state index contributed by atoms with van der Waals surface area (Å²) in [5.41, 5.74) is 1.12. The summed E-state index contributed by atoms with van der Waals surface area (Å²) >= 11 is 0. The van der Waals surface area contributed by atoms with Gasteiger partial charge in [-0.1, -0.05) is 42.5 Å². The molecule has 0 amide bonds. The summed E-state index contributed by atoms with van der Waals surface area (Å²) in [5, 5.41) is 12.1. The Morgan fingerprint density at radius 2 is 1.92 bits per heavy atom. The lowest BCUT2D eigenvalue weighted by atomic mass is 10.2. The molecule has 2 nitrogen and oxygen atoms in total. The van der Waals surface area contributed by atoms with Crippen LogP contribution in [-0.2, 0) is 0 Å². The summed E-state index contributed by atoms with van der Waals surface area (Å²) in [6.45, 7) is 0. The second-order valence-corrected chi connectivity index (χ2v) is 2.35. The summed E-state index contributed by atoms with van der Waals surface area (Å²) in [6.07, 6.45) is 6.93. The van der Waals surface area contributed by atoms with Gasteiger partial charge in [-0.25, -0.2) is 0 Å². The lowest BCUT2D eigenvalue weighted by molar-refractivity contribution is 1.66. The predicted molar refractivity (Wildman–Crippen MR) is 55.2 cm³/mol. The maximum absolute atomic E-state index is 9.60. The highest BCUT2D eigenvalue weighted by Crippen LogP contribution is 2.00. The standard InChI is InChI=1S/C11H9NO/c13-12-10-6-2-5-9-11-7-3-1-4-8-11/h1-9H. The van der Waals surface area contributed by atoms with Crippen LogP contribution in [0.15, 0.2) is 48.6 Å². The molecule has 1 rings (SSSR count). The number of nitrogens with zero attached hydrogens (tertiary/aromatic N) is 1. The minimum atomic E-state index is 1.12. The Kier molecular flexibility index (Phi) is 3.92. The van der Waals surface area contributed by atoms with Crippen molar-refractivity contribution in [2.24, 2.45) is 0 Å². The van der Waals surface area contributed by atoms with Gasteiger partial charge in [-0.3, -0.25) is 0 Å². The molecule has 0 radical (unpaired) electrons. The Morgan fingerprint density at radius 1 is 1.15 bits per heavy atom. The molecule has 0 unspecified atom stereocenters. The molecule has 0 saturated carbocycles. The van der Waals surface area contributed by atoms with Gasteiger partial charge in [0.15, 0.2) is 0 Å². The first kappa shape index (κ1) is 9.08. The lowest BCUT2D eigenvalue weighted by Crippen LogP contribution is -1.66. The molecule has 64 valence electrons. The maximum Gasteiger partial charge on any atom is 0.328 e. The molecule has 2 heteroatoms. The third kappa shape index (κ3) is 3.78. The normalized spacial score (nSPS) is 10.2. The van der Waals surface area contributed by atoms with Gasteiger partial charge >= 0.3 is 6.07 Å². The van der Waals surface area contributed by atoms with Crippen LogP contribution in [0.1, 0.15) is 5.56 Å². The van der Waals surface area contributed by atoms with E-state index in [1.165, 1.54) is 6.08 Å². The fourth-order valence-corrected chi connectivity index (χ4v) is 0.860. The molecule has 0 aliphatic heterocycles. The predicted octanol–water partition coefficient (Wildman–Crippen LogP) is 3.09. The summed E-state index contributed by atoms with van der Waals surface area (Å²) in [6, 6.07) is 12.1. The van der Waals surface area contributed by atoms with Crippen LogP contribution in [0, 0.1) is 11.3 Å². The van der Waals surface area contributed by atoms with Crippen molar-refractivity contribution >= 4 is 6.08 Å². The summed E-state index contributed by atoms with van der Waals surface area (Å²) in [4.78, 5) is 0. The van der Waals surface area contributed by atoms with Crippen LogP contribution in [-0.4, -0.2) is 0 Å². The first-order chi connectivity index (χ1) is 6.43. The molecule has 0 heterocycles. The van der Waals surface area contributed by atoms with Crippen LogP contribution < -0.4 is 0 Å². The Hall–Kier alpha value is -2.01. The molecule has 13 heavy (non-hydrogen) atoms. The average Bonchev–Trinajstić information content (AvgIpc) is 2.19. The summed E-state index contributed by atoms with van der Waals surface area (Å²) < 4.78 is 0. The highest BCUT2D eigenvalue weighted by atomic mass is 16.4. The van der Waals surface area contributed by atoms with Crippen molar-refractivity contribution in [3.05, 3.63) is 64.3 Å². The van der Waals surface area contributed by atoms with E-state index in [1.807, 2.05) is 42.5 Å². The van der Waals surface area contributed by atoms with E-state index < -0.39 is 0 Å². The Bertz CT molecular complexity index is 355. The number of hydrogen-bond donors (Lipinski definition) is 0. The Morgan fingerprint density at radius 3 is 2.62 bits per heavy atom. The fourth-order valence-electron chi connectivity index (χ4n) is 0.860. The van der Waals surface area contributed by atoms with Crippen LogP contribution in [0.2, 0.25) is 0 Å². The molecular weight excluding hydrogens is 162 g/mol. The molecule has 0 N–H and O–H groups in total. The van der Waals surface area contributed by atoms with E-state index in [0.717, 1.165) is 5.56 Å². The van der Waals surface area contributed by atoms with Crippen molar-refractivity contribution in [2.45, 2.75) is 0 Å². The van der Waals surface area contributed by atoms with E-state index in [0.29, 0.717) is 0 Å². The van der Waals surface area contributed by atoms with Crippen LogP contribution in [0.4, 0.5) is 0 Å². The van der Waals surface area contributed by atoms with Crippen LogP contribution in [0.5, 0.6) is 0 Å². The molecule has 0 spiro atoms. The van der Waals surface area contributed by atoms with Gasteiger partial charge in [-0.05, 0) is 11.6 Å². The topological polar surface area (TPSA) is 27.4 Å². The van der Waals surface area contributed by atoms with Crippen molar-refractivity contribution in [1.29, 1.82) is 0 Å². The van der Waals surface area contributed by atoms with E-state index in [2.05, 4.69) is 11.1 Å². The number of hydrogen-bond acceptors (Lipinski definition) is 1. The molecule has 0 aliphatic carbocycles.